The van der Waals surface area contributed by atoms with E-state index in [-0.39, 0.29) is 31.1 Å². The standard InChI is InChI=1S/C76H134O6/c1-4-7-10-13-16-18-20-22-24-26-28-30-32-33-34-35-36-37-38-39-40-41-42-43-45-46-48-50-52-54-56-58-60-63-66-69-75(78)81-72-73(71-80-74(77)68-65-62-15-12-9-6-3)82-76(79)70-67-64-61-59-57-55-53-51-49-47-44-31-29-27-25-23-21-19-17-14-11-8-5-2/h8,11,17,19-20,22-23,25-26,28-29,31,47,49,73H,4-7,9-10,12-16,18,21,24,27,30,32-46,48,50-72H2,1-3H3/b11-8-,19-17-,22-20-,25-23-,28-26-,31-29-,49-47-. The minimum Gasteiger partial charge on any atom is -0.462 e. The average molecular weight is 1140 g/mol. The van der Waals surface area contributed by atoms with E-state index in [1.54, 1.807) is 0 Å². The van der Waals surface area contributed by atoms with Gasteiger partial charge in [0.1, 0.15) is 13.2 Å². The van der Waals surface area contributed by atoms with Crippen molar-refractivity contribution in [2.24, 2.45) is 0 Å². The molecule has 0 aromatic heterocycles. The lowest BCUT2D eigenvalue weighted by Crippen LogP contribution is -2.30. The number of hydrogen-bond donors (Lipinski definition) is 0. The van der Waals surface area contributed by atoms with Gasteiger partial charge in [-0.2, -0.15) is 0 Å². The van der Waals surface area contributed by atoms with Crippen LogP contribution in [0.15, 0.2) is 85.1 Å². The Hall–Kier alpha value is -3.41. The van der Waals surface area contributed by atoms with Gasteiger partial charge in [-0.3, -0.25) is 14.4 Å². The maximum Gasteiger partial charge on any atom is 0.306 e. The molecular formula is C76H134O6. The molecule has 474 valence electrons. The van der Waals surface area contributed by atoms with Crippen molar-refractivity contribution >= 4 is 17.9 Å². The molecule has 0 aliphatic carbocycles. The molecule has 6 heteroatoms. The largest absolute Gasteiger partial charge is 0.462 e. The minimum atomic E-state index is -0.779. The van der Waals surface area contributed by atoms with Gasteiger partial charge in [0, 0.05) is 19.3 Å². The molecule has 0 rings (SSSR count). The SMILES string of the molecule is CC/C=C\C/C=C\C/C=C\C/C=C\C/C=C\CCCCCCCCCC(=O)OC(COC(=O)CCCCCCCC)COC(=O)CCCCCCCCCCCCCCCCCCCCCCCCC/C=C\C/C=C\CCCCCCC. The quantitative estimate of drug-likeness (QED) is 0.0261. The van der Waals surface area contributed by atoms with Crippen molar-refractivity contribution in [2.45, 2.75) is 367 Å². The number of ether oxygens (including phenoxy) is 3. The fourth-order valence-electron chi connectivity index (χ4n) is 10.3. The van der Waals surface area contributed by atoms with E-state index in [9.17, 15) is 14.4 Å². The lowest BCUT2D eigenvalue weighted by Gasteiger charge is -2.18. The molecule has 1 unspecified atom stereocenters. The van der Waals surface area contributed by atoms with Crippen LogP contribution in [0.25, 0.3) is 0 Å². The van der Waals surface area contributed by atoms with Crippen molar-refractivity contribution in [3.05, 3.63) is 85.1 Å². The number of unbranched alkanes of at least 4 members (excludes halogenated alkanes) is 40. The molecule has 0 heterocycles. The Morgan fingerprint density at radius 3 is 0.744 bits per heavy atom. The monoisotopic (exact) mass is 1140 g/mol. The molecular weight excluding hydrogens is 1010 g/mol. The number of esters is 3. The third-order valence-corrected chi connectivity index (χ3v) is 15.6. The first-order valence-corrected chi connectivity index (χ1v) is 35.6. The molecule has 1 atom stereocenters. The molecule has 0 N–H and O–H groups in total. The summed E-state index contributed by atoms with van der Waals surface area (Å²) in [5, 5.41) is 0. The third kappa shape index (κ3) is 67.4. The van der Waals surface area contributed by atoms with Crippen LogP contribution in [0.4, 0.5) is 0 Å². The van der Waals surface area contributed by atoms with Crippen LogP contribution in [0.3, 0.4) is 0 Å². The Labute approximate surface area is 509 Å². The zero-order valence-corrected chi connectivity index (χ0v) is 54.5. The zero-order chi connectivity index (χ0) is 59.2. The van der Waals surface area contributed by atoms with Crippen molar-refractivity contribution in [1.29, 1.82) is 0 Å². The summed E-state index contributed by atoms with van der Waals surface area (Å²) < 4.78 is 16.8. The highest BCUT2D eigenvalue weighted by Gasteiger charge is 2.19. The highest BCUT2D eigenvalue weighted by atomic mass is 16.6. The van der Waals surface area contributed by atoms with E-state index in [0.29, 0.717) is 19.3 Å². The van der Waals surface area contributed by atoms with E-state index in [2.05, 4.69) is 106 Å². The molecule has 0 amide bonds. The molecule has 0 spiro atoms. The summed E-state index contributed by atoms with van der Waals surface area (Å²) in [6.45, 7) is 6.49. The maximum atomic E-state index is 12.9. The summed E-state index contributed by atoms with van der Waals surface area (Å²) in [4.78, 5) is 38.1. The van der Waals surface area contributed by atoms with E-state index in [0.717, 1.165) is 103 Å². The number of hydrogen-bond acceptors (Lipinski definition) is 6. The van der Waals surface area contributed by atoms with E-state index in [1.165, 1.54) is 218 Å². The molecule has 0 aliphatic rings. The van der Waals surface area contributed by atoms with E-state index < -0.39 is 6.10 Å². The van der Waals surface area contributed by atoms with Gasteiger partial charge < -0.3 is 14.2 Å². The fourth-order valence-corrected chi connectivity index (χ4v) is 10.3. The van der Waals surface area contributed by atoms with Gasteiger partial charge in [-0.15, -0.1) is 0 Å². The smallest absolute Gasteiger partial charge is 0.306 e. The second kappa shape index (κ2) is 70.1. The average Bonchev–Trinajstić information content (AvgIpc) is 3.47. The third-order valence-electron chi connectivity index (χ3n) is 15.6. The van der Waals surface area contributed by atoms with E-state index in [4.69, 9.17) is 14.2 Å². The Bertz CT molecular complexity index is 1550. The van der Waals surface area contributed by atoms with Gasteiger partial charge in [0.25, 0.3) is 0 Å². The predicted molar refractivity (Wildman–Crippen MR) is 358 cm³/mol. The highest BCUT2D eigenvalue weighted by Crippen LogP contribution is 2.18. The molecule has 0 radical (unpaired) electrons. The van der Waals surface area contributed by atoms with Crippen LogP contribution in [-0.2, 0) is 28.6 Å². The second-order valence-electron chi connectivity index (χ2n) is 23.8. The van der Waals surface area contributed by atoms with Crippen molar-refractivity contribution in [1.82, 2.24) is 0 Å². The van der Waals surface area contributed by atoms with Gasteiger partial charge in [-0.1, -0.05) is 331 Å². The highest BCUT2D eigenvalue weighted by molar-refractivity contribution is 5.71. The summed E-state index contributed by atoms with van der Waals surface area (Å²) in [6, 6.07) is 0. The molecule has 82 heavy (non-hydrogen) atoms. The molecule has 0 saturated carbocycles. The predicted octanol–water partition coefficient (Wildman–Crippen LogP) is 24.6. The second-order valence-corrected chi connectivity index (χ2v) is 23.8. The molecule has 0 aromatic rings. The summed E-state index contributed by atoms with van der Waals surface area (Å²) in [7, 11) is 0. The number of carbonyl (C=O) groups excluding carboxylic acids is 3. The van der Waals surface area contributed by atoms with Gasteiger partial charge in [-0.25, -0.2) is 0 Å². The van der Waals surface area contributed by atoms with Crippen molar-refractivity contribution < 1.29 is 28.6 Å². The first-order valence-electron chi connectivity index (χ1n) is 35.6. The van der Waals surface area contributed by atoms with Gasteiger partial charge >= 0.3 is 17.9 Å². The molecule has 0 aromatic carbocycles. The van der Waals surface area contributed by atoms with Crippen molar-refractivity contribution in [3.8, 4) is 0 Å². The van der Waals surface area contributed by atoms with Gasteiger partial charge in [0.2, 0.25) is 0 Å². The number of carbonyl (C=O) groups is 3. The van der Waals surface area contributed by atoms with Gasteiger partial charge in [0.15, 0.2) is 6.10 Å². The summed E-state index contributed by atoms with van der Waals surface area (Å²) in [5.41, 5.74) is 0. The molecule has 0 saturated heterocycles. The molecule has 0 bridgehead atoms. The Balaban J connectivity index is 3.97. The summed E-state index contributed by atoms with van der Waals surface area (Å²) >= 11 is 0. The van der Waals surface area contributed by atoms with Crippen molar-refractivity contribution in [3.63, 3.8) is 0 Å². The van der Waals surface area contributed by atoms with Gasteiger partial charge in [-0.05, 0) is 96.3 Å². The normalized spacial score (nSPS) is 12.6. The van der Waals surface area contributed by atoms with Crippen LogP contribution >= 0.6 is 0 Å². The van der Waals surface area contributed by atoms with Crippen LogP contribution in [-0.4, -0.2) is 37.2 Å². The van der Waals surface area contributed by atoms with E-state index >= 15 is 0 Å². The summed E-state index contributed by atoms with van der Waals surface area (Å²) in [5.74, 6) is -0.883. The fraction of sp³-hybridized carbons (Fsp3) is 0.776. The Morgan fingerprint density at radius 2 is 0.476 bits per heavy atom. The lowest BCUT2D eigenvalue weighted by molar-refractivity contribution is -0.167. The molecule has 0 aliphatic heterocycles. The lowest BCUT2D eigenvalue weighted by atomic mass is 10.0. The first kappa shape index (κ1) is 78.6. The van der Waals surface area contributed by atoms with Crippen LogP contribution in [0.1, 0.15) is 361 Å². The Kier molecular flexibility index (Phi) is 67.2. The molecule has 0 fully saturated rings. The van der Waals surface area contributed by atoms with Crippen LogP contribution in [0.2, 0.25) is 0 Å². The zero-order valence-electron chi connectivity index (χ0n) is 54.5. The maximum absolute atomic E-state index is 12.9. The van der Waals surface area contributed by atoms with Crippen LogP contribution in [0.5, 0.6) is 0 Å². The van der Waals surface area contributed by atoms with Crippen LogP contribution in [0, 0.1) is 0 Å². The number of rotatable bonds is 65. The topological polar surface area (TPSA) is 78.9 Å². The van der Waals surface area contributed by atoms with E-state index in [1.807, 2.05) is 0 Å². The molecule has 6 nitrogen and oxygen atoms in total. The number of allylic oxidation sites excluding steroid dienone is 14. The Morgan fingerprint density at radius 1 is 0.256 bits per heavy atom. The van der Waals surface area contributed by atoms with Gasteiger partial charge in [0.05, 0.1) is 0 Å². The summed E-state index contributed by atoms with van der Waals surface area (Å²) in [6.07, 6.45) is 93.8. The van der Waals surface area contributed by atoms with Crippen LogP contribution < -0.4 is 0 Å². The van der Waals surface area contributed by atoms with Crippen molar-refractivity contribution in [2.75, 3.05) is 13.2 Å². The first-order chi connectivity index (χ1) is 40.5. The minimum absolute atomic E-state index is 0.0773.